The molecule has 0 unspecified atom stereocenters. The number of carbonyl (C=O) groups excluding carboxylic acids is 1. The molecule has 0 amide bonds. The minimum Gasteiger partial charge on any atom is -0.481 e. The standard InChI is InChI=1S/C24H27ClN4O5S/c1-2-33-24(32)20-18(14-29-10-11-34-15(13-29)7-8-19(30)31)27-22(23-26-9-12-35-23)28-21(20)16-5-3-4-6-17(16)25/h3-6,9,12,15,21H,2,7-8,10-11,13-14H2,1H3,(H,27,28)(H,30,31)/t15-,21+/m1/s1. The lowest BCUT2D eigenvalue weighted by Gasteiger charge is -2.35. The molecule has 35 heavy (non-hydrogen) atoms. The summed E-state index contributed by atoms with van der Waals surface area (Å²) in [7, 11) is 0. The number of carbonyl (C=O) groups is 2. The Morgan fingerprint density at radius 3 is 2.91 bits per heavy atom. The number of ether oxygens (including phenoxy) is 2. The van der Waals surface area contributed by atoms with E-state index in [1.165, 1.54) is 11.3 Å². The minimum atomic E-state index is -0.848. The number of carboxylic acid groups (broad SMARTS) is 1. The number of aromatic nitrogens is 1. The highest BCUT2D eigenvalue weighted by molar-refractivity contribution is 7.11. The summed E-state index contributed by atoms with van der Waals surface area (Å²) in [5, 5.41) is 15.4. The molecule has 0 aliphatic carbocycles. The number of rotatable bonds is 9. The maximum atomic E-state index is 13.2. The lowest BCUT2D eigenvalue weighted by Crippen LogP contribution is -2.46. The predicted octanol–water partition coefficient (Wildman–Crippen LogP) is 3.27. The van der Waals surface area contributed by atoms with Crippen LogP contribution in [0.3, 0.4) is 0 Å². The molecule has 0 saturated carbocycles. The first-order chi connectivity index (χ1) is 17.0. The molecule has 2 N–H and O–H groups in total. The second-order valence-corrected chi connectivity index (χ2v) is 9.44. The van der Waals surface area contributed by atoms with Crippen molar-refractivity contribution in [2.24, 2.45) is 4.99 Å². The van der Waals surface area contributed by atoms with Crippen LogP contribution in [0.4, 0.5) is 0 Å². The fourth-order valence-electron chi connectivity index (χ4n) is 4.15. The number of morpholine rings is 1. The number of benzene rings is 1. The van der Waals surface area contributed by atoms with Gasteiger partial charge in [-0.3, -0.25) is 14.7 Å². The van der Waals surface area contributed by atoms with Gasteiger partial charge < -0.3 is 19.9 Å². The van der Waals surface area contributed by atoms with E-state index < -0.39 is 18.0 Å². The molecule has 9 nitrogen and oxygen atoms in total. The molecular weight excluding hydrogens is 492 g/mol. The van der Waals surface area contributed by atoms with Crippen LogP contribution in [-0.2, 0) is 19.1 Å². The molecule has 186 valence electrons. The molecule has 1 saturated heterocycles. The average Bonchev–Trinajstić information content (AvgIpc) is 3.38. The normalized spacial score (nSPS) is 20.8. The average molecular weight is 519 g/mol. The molecule has 1 aromatic heterocycles. The largest absolute Gasteiger partial charge is 0.481 e. The smallest absolute Gasteiger partial charge is 0.338 e. The fourth-order valence-corrected chi connectivity index (χ4v) is 4.97. The first-order valence-corrected chi connectivity index (χ1v) is 12.7. The number of aliphatic carboxylic acids is 1. The van der Waals surface area contributed by atoms with Crippen molar-refractivity contribution in [2.45, 2.75) is 31.9 Å². The van der Waals surface area contributed by atoms with E-state index in [0.717, 1.165) is 0 Å². The Labute approximate surface area is 212 Å². The van der Waals surface area contributed by atoms with E-state index in [9.17, 15) is 9.59 Å². The zero-order valence-electron chi connectivity index (χ0n) is 19.3. The third-order valence-electron chi connectivity index (χ3n) is 5.74. The van der Waals surface area contributed by atoms with Crippen LogP contribution in [-0.4, -0.2) is 71.7 Å². The Balaban J connectivity index is 1.70. The van der Waals surface area contributed by atoms with Gasteiger partial charge in [-0.25, -0.2) is 9.78 Å². The number of nitrogens with one attached hydrogen (secondary N) is 1. The number of esters is 1. The Bertz CT molecular complexity index is 1120. The lowest BCUT2D eigenvalue weighted by atomic mass is 9.95. The van der Waals surface area contributed by atoms with Crippen molar-refractivity contribution in [3.05, 3.63) is 62.7 Å². The third kappa shape index (κ3) is 6.26. The van der Waals surface area contributed by atoms with E-state index in [1.54, 1.807) is 19.2 Å². The Hall–Kier alpha value is -2.79. The molecule has 0 bridgehead atoms. The second kappa shape index (κ2) is 11.8. The molecule has 2 atom stereocenters. The van der Waals surface area contributed by atoms with Gasteiger partial charge in [0.15, 0.2) is 10.8 Å². The number of hydrogen-bond donors (Lipinski definition) is 2. The maximum Gasteiger partial charge on any atom is 0.338 e. The van der Waals surface area contributed by atoms with Crippen LogP contribution in [0.15, 0.2) is 52.1 Å². The van der Waals surface area contributed by atoms with Gasteiger partial charge in [0.1, 0.15) is 6.04 Å². The van der Waals surface area contributed by atoms with Gasteiger partial charge in [0.25, 0.3) is 0 Å². The van der Waals surface area contributed by atoms with Crippen molar-refractivity contribution >= 4 is 40.7 Å². The number of hydrogen-bond acceptors (Lipinski definition) is 9. The van der Waals surface area contributed by atoms with Gasteiger partial charge in [-0.15, -0.1) is 11.3 Å². The minimum absolute atomic E-state index is 0.0446. The summed E-state index contributed by atoms with van der Waals surface area (Å²) in [6, 6.07) is 6.66. The molecule has 4 rings (SSSR count). The van der Waals surface area contributed by atoms with Crippen LogP contribution in [0, 0.1) is 0 Å². The molecule has 11 heteroatoms. The zero-order chi connectivity index (χ0) is 24.8. The van der Waals surface area contributed by atoms with E-state index in [2.05, 4.69) is 15.2 Å². The van der Waals surface area contributed by atoms with E-state index in [-0.39, 0.29) is 19.1 Å². The molecule has 2 aliphatic heterocycles. The summed E-state index contributed by atoms with van der Waals surface area (Å²) in [6.07, 6.45) is 1.98. The van der Waals surface area contributed by atoms with Crippen LogP contribution in [0.1, 0.15) is 36.4 Å². The summed E-state index contributed by atoms with van der Waals surface area (Å²) < 4.78 is 11.2. The SMILES string of the molecule is CCOC(=O)C1=C(CN2CCO[C@H](CCC(=O)O)C2)NC(c2nccs2)=N[C@H]1c1ccccc1Cl. The van der Waals surface area contributed by atoms with Gasteiger partial charge in [-0.2, -0.15) is 0 Å². The van der Waals surface area contributed by atoms with Crippen molar-refractivity contribution in [3.63, 3.8) is 0 Å². The van der Waals surface area contributed by atoms with Crippen molar-refractivity contribution in [1.29, 1.82) is 0 Å². The summed E-state index contributed by atoms with van der Waals surface area (Å²) in [5.74, 6) is -0.750. The third-order valence-corrected chi connectivity index (χ3v) is 6.86. The number of thiazole rings is 1. The number of halogens is 1. The molecular formula is C24H27ClN4O5S. The van der Waals surface area contributed by atoms with Gasteiger partial charge in [-0.1, -0.05) is 29.8 Å². The zero-order valence-corrected chi connectivity index (χ0v) is 20.8. The maximum absolute atomic E-state index is 13.2. The van der Waals surface area contributed by atoms with Crippen LogP contribution in [0.2, 0.25) is 5.02 Å². The van der Waals surface area contributed by atoms with Gasteiger partial charge >= 0.3 is 11.9 Å². The van der Waals surface area contributed by atoms with Gasteiger partial charge in [-0.05, 0) is 19.4 Å². The summed E-state index contributed by atoms with van der Waals surface area (Å²) >= 11 is 7.99. The van der Waals surface area contributed by atoms with Crippen molar-refractivity contribution in [1.82, 2.24) is 15.2 Å². The van der Waals surface area contributed by atoms with E-state index in [1.807, 2.05) is 23.6 Å². The molecule has 3 heterocycles. The number of aliphatic imine (C=N–C) groups is 1. The monoisotopic (exact) mass is 518 g/mol. The van der Waals surface area contributed by atoms with Crippen LogP contribution < -0.4 is 5.32 Å². The van der Waals surface area contributed by atoms with Gasteiger partial charge in [0.05, 0.1) is 24.9 Å². The molecule has 2 aliphatic rings. The second-order valence-electron chi connectivity index (χ2n) is 8.14. The highest BCUT2D eigenvalue weighted by atomic mass is 35.5. The highest BCUT2D eigenvalue weighted by Crippen LogP contribution is 2.36. The van der Waals surface area contributed by atoms with Crippen LogP contribution >= 0.6 is 22.9 Å². The topological polar surface area (TPSA) is 113 Å². The highest BCUT2D eigenvalue weighted by Gasteiger charge is 2.35. The molecule has 1 fully saturated rings. The van der Waals surface area contributed by atoms with Crippen molar-refractivity contribution in [2.75, 3.05) is 32.8 Å². The summed E-state index contributed by atoms with van der Waals surface area (Å²) in [4.78, 5) is 35.6. The van der Waals surface area contributed by atoms with E-state index in [4.69, 9.17) is 31.2 Å². The number of nitrogens with zero attached hydrogens (tertiary/aromatic N) is 3. The molecule has 2 aromatic rings. The number of carboxylic acids is 1. The van der Waals surface area contributed by atoms with Crippen LogP contribution in [0.25, 0.3) is 0 Å². The van der Waals surface area contributed by atoms with Crippen molar-refractivity contribution < 1.29 is 24.2 Å². The summed E-state index contributed by atoms with van der Waals surface area (Å²) in [5.41, 5.74) is 1.76. The first kappa shape index (κ1) is 25.3. The Morgan fingerprint density at radius 2 is 2.20 bits per heavy atom. The predicted molar refractivity (Wildman–Crippen MR) is 133 cm³/mol. The van der Waals surface area contributed by atoms with Gasteiger partial charge in [0, 0.05) is 53.9 Å². The lowest BCUT2D eigenvalue weighted by molar-refractivity contribution is -0.139. The van der Waals surface area contributed by atoms with Crippen LogP contribution in [0.5, 0.6) is 0 Å². The molecule has 0 spiro atoms. The Kier molecular flexibility index (Phi) is 8.50. The summed E-state index contributed by atoms with van der Waals surface area (Å²) in [6.45, 7) is 4.07. The van der Waals surface area contributed by atoms with Gasteiger partial charge in [0.2, 0.25) is 0 Å². The first-order valence-electron chi connectivity index (χ1n) is 11.4. The Morgan fingerprint density at radius 1 is 1.37 bits per heavy atom. The molecule has 0 radical (unpaired) electrons. The van der Waals surface area contributed by atoms with E-state index >= 15 is 0 Å². The number of amidine groups is 1. The fraction of sp³-hybridized carbons (Fsp3) is 0.417. The quantitative estimate of drug-likeness (QED) is 0.486. The molecule has 1 aromatic carbocycles. The van der Waals surface area contributed by atoms with E-state index in [0.29, 0.717) is 65.4 Å². The van der Waals surface area contributed by atoms with Crippen molar-refractivity contribution in [3.8, 4) is 0 Å².